The maximum atomic E-state index is 9.52. The fourth-order valence-electron chi connectivity index (χ4n) is 4.09. The fourth-order valence-corrected chi connectivity index (χ4v) is 4.37. The van der Waals surface area contributed by atoms with Gasteiger partial charge in [-0.2, -0.15) is 0 Å². The minimum atomic E-state index is -0.247. The van der Waals surface area contributed by atoms with E-state index in [1.807, 2.05) is 26.0 Å². The minimum absolute atomic E-state index is 0.0794. The van der Waals surface area contributed by atoms with Crippen LogP contribution in [0, 0.1) is 17.3 Å². The Bertz CT molecular complexity index is 577. The SMILES string of the molecule is CCOc1cc(CN2CC3C(C2)C3(CO)CO)cc(Cl)c1OCC. The standard InChI is InChI=1S/C18H26ClNO4/c1-3-23-16-6-12(5-15(19)17(16)24-4-2)7-20-8-13-14(9-20)18(13,10-21)11-22/h5-6,13-14,21-22H,3-4,7-11H2,1-2H3. The summed E-state index contributed by atoms with van der Waals surface area (Å²) in [6.07, 6.45) is 0. The Morgan fingerprint density at radius 2 is 1.75 bits per heavy atom. The molecule has 1 aliphatic carbocycles. The molecule has 1 saturated heterocycles. The van der Waals surface area contributed by atoms with E-state index >= 15 is 0 Å². The van der Waals surface area contributed by atoms with Crippen molar-refractivity contribution in [3.05, 3.63) is 22.7 Å². The Morgan fingerprint density at radius 3 is 2.29 bits per heavy atom. The number of likely N-dealkylation sites (tertiary alicyclic amines) is 1. The molecule has 0 spiro atoms. The average molecular weight is 356 g/mol. The van der Waals surface area contributed by atoms with Crippen LogP contribution < -0.4 is 9.47 Å². The summed E-state index contributed by atoms with van der Waals surface area (Å²) in [6.45, 7) is 7.71. The molecule has 2 fully saturated rings. The Hall–Kier alpha value is -1.01. The van der Waals surface area contributed by atoms with Gasteiger partial charge in [-0.3, -0.25) is 4.90 Å². The van der Waals surface area contributed by atoms with Crippen molar-refractivity contribution < 1.29 is 19.7 Å². The van der Waals surface area contributed by atoms with Crippen LogP contribution in [0.3, 0.4) is 0 Å². The number of benzene rings is 1. The lowest BCUT2D eigenvalue weighted by Crippen LogP contribution is -2.31. The number of rotatable bonds is 8. The molecular weight excluding hydrogens is 330 g/mol. The zero-order valence-electron chi connectivity index (χ0n) is 14.3. The summed E-state index contributed by atoms with van der Waals surface area (Å²) in [6, 6.07) is 3.93. The lowest BCUT2D eigenvalue weighted by Gasteiger charge is -2.24. The quantitative estimate of drug-likeness (QED) is 0.748. The van der Waals surface area contributed by atoms with Crippen molar-refractivity contribution in [2.75, 3.05) is 39.5 Å². The molecule has 1 aromatic rings. The van der Waals surface area contributed by atoms with E-state index in [4.69, 9.17) is 21.1 Å². The van der Waals surface area contributed by atoms with E-state index in [2.05, 4.69) is 4.90 Å². The monoisotopic (exact) mass is 355 g/mol. The summed E-state index contributed by atoms with van der Waals surface area (Å²) in [5.74, 6) is 2.09. The number of piperidine rings is 1. The Morgan fingerprint density at radius 1 is 1.12 bits per heavy atom. The van der Waals surface area contributed by atoms with Gasteiger partial charge in [0.1, 0.15) is 0 Å². The van der Waals surface area contributed by atoms with Crippen LogP contribution in [-0.2, 0) is 6.54 Å². The molecule has 24 heavy (non-hydrogen) atoms. The van der Waals surface area contributed by atoms with Gasteiger partial charge >= 0.3 is 0 Å². The largest absolute Gasteiger partial charge is 0.490 e. The lowest BCUT2D eigenvalue weighted by molar-refractivity contribution is 0.0868. The number of nitrogens with zero attached hydrogens (tertiary/aromatic N) is 1. The number of aliphatic hydroxyl groups excluding tert-OH is 2. The first-order valence-electron chi connectivity index (χ1n) is 8.61. The molecule has 5 nitrogen and oxygen atoms in total. The summed E-state index contributed by atoms with van der Waals surface area (Å²) in [5.41, 5.74) is 0.843. The highest BCUT2D eigenvalue weighted by Crippen LogP contribution is 2.62. The second-order valence-corrected chi connectivity index (χ2v) is 7.13. The van der Waals surface area contributed by atoms with Crippen LogP contribution in [0.2, 0.25) is 5.02 Å². The van der Waals surface area contributed by atoms with E-state index in [0.29, 0.717) is 41.6 Å². The second kappa shape index (κ2) is 7.08. The van der Waals surface area contributed by atoms with Gasteiger partial charge in [-0.1, -0.05) is 11.6 Å². The van der Waals surface area contributed by atoms with Gasteiger partial charge in [0.15, 0.2) is 11.5 Å². The lowest BCUT2D eigenvalue weighted by atomic mass is 10.0. The molecule has 2 aliphatic rings. The van der Waals surface area contributed by atoms with Crippen LogP contribution in [0.15, 0.2) is 12.1 Å². The number of fused-ring (bicyclic) bond motifs is 1. The summed E-state index contributed by atoms with van der Waals surface area (Å²) in [4.78, 5) is 2.35. The van der Waals surface area contributed by atoms with Crippen LogP contribution in [0.4, 0.5) is 0 Å². The third kappa shape index (κ3) is 2.99. The van der Waals surface area contributed by atoms with Crippen molar-refractivity contribution in [3.8, 4) is 11.5 Å². The Balaban J connectivity index is 1.69. The van der Waals surface area contributed by atoms with Crippen molar-refractivity contribution in [2.24, 2.45) is 17.3 Å². The molecular formula is C18H26ClNO4. The molecule has 6 heteroatoms. The van der Waals surface area contributed by atoms with Crippen LogP contribution in [-0.4, -0.2) is 54.6 Å². The number of aliphatic hydroxyl groups is 2. The smallest absolute Gasteiger partial charge is 0.179 e. The molecule has 1 heterocycles. The molecule has 2 unspecified atom stereocenters. The van der Waals surface area contributed by atoms with Crippen molar-refractivity contribution in [1.82, 2.24) is 4.90 Å². The molecule has 3 rings (SSSR count). The topological polar surface area (TPSA) is 62.2 Å². The molecule has 1 aliphatic heterocycles. The Labute approximate surface area is 148 Å². The third-order valence-corrected chi connectivity index (χ3v) is 5.70. The molecule has 0 bridgehead atoms. The summed E-state index contributed by atoms with van der Waals surface area (Å²) in [5, 5.41) is 19.6. The number of hydrogen-bond acceptors (Lipinski definition) is 5. The van der Waals surface area contributed by atoms with Crippen LogP contribution in [0.5, 0.6) is 11.5 Å². The maximum absolute atomic E-state index is 9.52. The van der Waals surface area contributed by atoms with E-state index in [1.165, 1.54) is 0 Å². The molecule has 1 aromatic carbocycles. The van der Waals surface area contributed by atoms with Gasteiger partial charge in [0.25, 0.3) is 0 Å². The van der Waals surface area contributed by atoms with Gasteiger partial charge in [-0.25, -0.2) is 0 Å². The Kier molecular flexibility index (Phi) is 5.25. The molecule has 0 aromatic heterocycles. The molecule has 1 saturated carbocycles. The highest BCUT2D eigenvalue weighted by atomic mass is 35.5. The van der Waals surface area contributed by atoms with E-state index < -0.39 is 0 Å². The molecule has 134 valence electrons. The van der Waals surface area contributed by atoms with Gasteiger partial charge in [-0.15, -0.1) is 0 Å². The predicted molar refractivity (Wildman–Crippen MR) is 92.7 cm³/mol. The highest BCUT2D eigenvalue weighted by molar-refractivity contribution is 6.32. The predicted octanol–water partition coefficient (Wildman–Crippen LogP) is 2.17. The van der Waals surface area contributed by atoms with E-state index in [-0.39, 0.29) is 18.6 Å². The van der Waals surface area contributed by atoms with Crippen LogP contribution in [0.1, 0.15) is 19.4 Å². The summed E-state index contributed by atoms with van der Waals surface area (Å²) < 4.78 is 11.3. The maximum Gasteiger partial charge on any atom is 0.179 e. The van der Waals surface area contributed by atoms with Gasteiger partial charge in [-0.05, 0) is 43.4 Å². The fraction of sp³-hybridized carbons (Fsp3) is 0.667. The normalized spacial score (nSPS) is 24.7. The first kappa shape index (κ1) is 17.8. The first-order valence-corrected chi connectivity index (χ1v) is 8.99. The van der Waals surface area contributed by atoms with Gasteiger partial charge in [0, 0.05) is 25.0 Å². The van der Waals surface area contributed by atoms with Crippen molar-refractivity contribution >= 4 is 11.6 Å². The van der Waals surface area contributed by atoms with Crippen LogP contribution >= 0.6 is 11.6 Å². The van der Waals surface area contributed by atoms with Crippen molar-refractivity contribution in [3.63, 3.8) is 0 Å². The first-order chi connectivity index (χ1) is 11.6. The molecule has 0 amide bonds. The zero-order chi connectivity index (χ0) is 17.3. The van der Waals surface area contributed by atoms with Gasteiger partial charge in [0.05, 0.1) is 31.5 Å². The van der Waals surface area contributed by atoms with Gasteiger partial charge < -0.3 is 19.7 Å². The van der Waals surface area contributed by atoms with Gasteiger partial charge in [0.2, 0.25) is 0 Å². The van der Waals surface area contributed by atoms with Crippen LogP contribution in [0.25, 0.3) is 0 Å². The number of hydrogen-bond donors (Lipinski definition) is 2. The number of halogens is 1. The molecule has 0 radical (unpaired) electrons. The van der Waals surface area contributed by atoms with E-state index in [0.717, 1.165) is 25.2 Å². The average Bonchev–Trinajstić information content (AvgIpc) is 2.93. The van der Waals surface area contributed by atoms with E-state index in [1.54, 1.807) is 0 Å². The highest BCUT2D eigenvalue weighted by Gasteiger charge is 2.67. The third-order valence-electron chi connectivity index (χ3n) is 5.42. The summed E-state index contributed by atoms with van der Waals surface area (Å²) in [7, 11) is 0. The molecule has 2 atom stereocenters. The van der Waals surface area contributed by atoms with Crippen molar-refractivity contribution in [2.45, 2.75) is 20.4 Å². The molecule has 2 N–H and O–H groups in total. The zero-order valence-corrected chi connectivity index (χ0v) is 15.1. The van der Waals surface area contributed by atoms with Crippen molar-refractivity contribution in [1.29, 1.82) is 0 Å². The summed E-state index contributed by atoms with van der Waals surface area (Å²) >= 11 is 6.37. The minimum Gasteiger partial charge on any atom is -0.490 e. The van der Waals surface area contributed by atoms with E-state index in [9.17, 15) is 10.2 Å². The number of ether oxygens (including phenoxy) is 2. The second-order valence-electron chi connectivity index (χ2n) is 6.73.